The number of halogens is 2. The molecule has 18 heavy (non-hydrogen) atoms. The maximum atomic E-state index is 13.7. The van der Waals surface area contributed by atoms with Gasteiger partial charge in [-0.15, -0.1) is 0 Å². The van der Waals surface area contributed by atoms with Gasteiger partial charge in [-0.1, -0.05) is 6.07 Å². The Morgan fingerprint density at radius 1 is 1.50 bits per heavy atom. The average molecular weight is 256 g/mol. The van der Waals surface area contributed by atoms with Crippen molar-refractivity contribution in [2.75, 3.05) is 19.6 Å². The fourth-order valence-corrected chi connectivity index (χ4v) is 2.46. The molecule has 3 N–H and O–H groups in total. The molecule has 1 aromatic carbocycles. The summed E-state index contributed by atoms with van der Waals surface area (Å²) in [6.45, 7) is 3.45. The Morgan fingerprint density at radius 2 is 2.22 bits per heavy atom. The molecule has 0 aliphatic carbocycles. The van der Waals surface area contributed by atoms with E-state index < -0.39 is 17.2 Å². The second-order valence-corrected chi connectivity index (χ2v) is 5.22. The zero-order valence-corrected chi connectivity index (χ0v) is 10.4. The lowest BCUT2D eigenvalue weighted by molar-refractivity contribution is 0.166. The smallest absolute Gasteiger partial charge is 0.131 e. The quantitative estimate of drug-likeness (QED) is 0.854. The number of nitrogens with zero attached hydrogens (tertiary/aromatic N) is 1. The van der Waals surface area contributed by atoms with Crippen molar-refractivity contribution in [1.29, 1.82) is 0 Å². The van der Waals surface area contributed by atoms with Gasteiger partial charge in [0.05, 0.1) is 11.6 Å². The Labute approximate surface area is 105 Å². The molecule has 1 aliphatic heterocycles. The van der Waals surface area contributed by atoms with E-state index in [1.807, 2.05) is 4.90 Å². The summed E-state index contributed by atoms with van der Waals surface area (Å²) in [7, 11) is 0. The maximum Gasteiger partial charge on any atom is 0.131 e. The summed E-state index contributed by atoms with van der Waals surface area (Å²) < 4.78 is 26.6. The first kappa shape index (κ1) is 13.4. The minimum absolute atomic E-state index is 0.297. The molecule has 1 fully saturated rings. The second kappa shape index (κ2) is 4.91. The largest absolute Gasteiger partial charge is 0.392 e. The molecule has 0 amide bonds. The van der Waals surface area contributed by atoms with Crippen LogP contribution in [0.25, 0.3) is 0 Å². The van der Waals surface area contributed by atoms with Crippen LogP contribution in [0.15, 0.2) is 18.2 Å². The van der Waals surface area contributed by atoms with Crippen LogP contribution >= 0.6 is 0 Å². The molecule has 1 heterocycles. The van der Waals surface area contributed by atoms with Crippen LogP contribution in [0.5, 0.6) is 0 Å². The summed E-state index contributed by atoms with van der Waals surface area (Å²) >= 11 is 0. The fourth-order valence-electron chi connectivity index (χ4n) is 2.46. The molecule has 100 valence electrons. The normalized spacial score (nSPS) is 24.2. The van der Waals surface area contributed by atoms with Crippen LogP contribution in [-0.2, 0) is 5.54 Å². The molecule has 0 bridgehead atoms. The van der Waals surface area contributed by atoms with E-state index in [0.717, 1.165) is 12.6 Å². The number of benzene rings is 1. The number of hydrogen-bond donors (Lipinski definition) is 2. The Hall–Kier alpha value is -1.04. The molecule has 0 spiro atoms. The Bertz CT molecular complexity index is 437. The van der Waals surface area contributed by atoms with E-state index in [-0.39, 0.29) is 6.10 Å². The third kappa shape index (κ3) is 2.85. The zero-order chi connectivity index (χ0) is 13.3. The van der Waals surface area contributed by atoms with Gasteiger partial charge in [-0.05, 0) is 19.4 Å². The molecule has 3 nitrogen and oxygen atoms in total. The van der Waals surface area contributed by atoms with E-state index in [1.54, 1.807) is 6.92 Å². The van der Waals surface area contributed by atoms with Gasteiger partial charge in [-0.2, -0.15) is 0 Å². The maximum absolute atomic E-state index is 13.7. The molecular formula is C13H18F2N2O. The van der Waals surface area contributed by atoms with Gasteiger partial charge in [0, 0.05) is 31.3 Å². The van der Waals surface area contributed by atoms with E-state index >= 15 is 0 Å². The third-order valence-corrected chi connectivity index (χ3v) is 3.35. The molecule has 5 heteroatoms. The Balaban J connectivity index is 2.14. The molecule has 2 atom stereocenters. The molecule has 1 saturated heterocycles. The van der Waals surface area contributed by atoms with E-state index in [4.69, 9.17) is 5.73 Å². The first-order valence-electron chi connectivity index (χ1n) is 6.03. The summed E-state index contributed by atoms with van der Waals surface area (Å²) in [5, 5.41) is 9.45. The molecule has 2 rings (SSSR count). The van der Waals surface area contributed by atoms with Crippen molar-refractivity contribution in [3.8, 4) is 0 Å². The minimum Gasteiger partial charge on any atom is -0.392 e. The lowest BCUT2D eigenvalue weighted by Crippen LogP contribution is -2.45. The van der Waals surface area contributed by atoms with Crippen molar-refractivity contribution in [1.82, 2.24) is 4.90 Å². The molecule has 0 unspecified atom stereocenters. The van der Waals surface area contributed by atoms with Crippen LogP contribution in [0.2, 0.25) is 0 Å². The van der Waals surface area contributed by atoms with E-state index in [0.29, 0.717) is 25.1 Å². The topological polar surface area (TPSA) is 49.5 Å². The van der Waals surface area contributed by atoms with Crippen molar-refractivity contribution in [3.05, 3.63) is 35.4 Å². The van der Waals surface area contributed by atoms with Crippen LogP contribution in [0.1, 0.15) is 18.9 Å². The van der Waals surface area contributed by atoms with Crippen molar-refractivity contribution >= 4 is 0 Å². The average Bonchev–Trinajstić information content (AvgIpc) is 2.62. The number of likely N-dealkylation sites (tertiary alicyclic amines) is 1. The highest BCUT2D eigenvalue weighted by molar-refractivity contribution is 5.26. The fraction of sp³-hybridized carbons (Fsp3) is 0.538. The second-order valence-electron chi connectivity index (χ2n) is 5.22. The molecular weight excluding hydrogens is 238 g/mol. The van der Waals surface area contributed by atoms with Gasteiger partial charge in [0.1, 0.15) is 11.6 Å². The van der Waals surface area contributed by atoms with Crippen LogP contribution in [0.3, 0.4) is 0 Å². The predicted molar refractivity (Wildman–Crippen MR) is 65.0 cm³/mol. The molecule has 0 aromatic heterocycles. The first-order valence-corrected chi connectivity index (χ1v) is 6.03. The number of aliphatic hydroxyl groups excluding tert-OH is 1. The van der Waals surface area contributed by atoms with Crippen molar-refractivity contribution in [3.63, 3.8) is 0 Å². The van der Waals surface area contributed by atoms with Crippen LogP contribution in [0.4, 0.5) is 8.78 Å². The summed E-state index contributed by atoms with van der Waals surface area (Å²) in [6.07, 6.45) is 0.376. The Morgan fingerprint density at radius 3 is 2.78 bits per heavy atom. The number of aliphatic hydroxyl groups is 1. The van der Waals surface area contributed by atoms with Crippen molar-refractivity contribution < 1.29 is 13.9 Å². The van der Waals surface area contributed by atoms with Crippen LogP contribution in [0, 0.1) is 11.6 Å². The highest BCUT2D eigenvalue weighted by atomic mass is 19.1. The summed E-state index contributed by atoms with van der Waals surface area (Å²) in [5.41, 5.74) is 5.52. The van der Waals surface area contributed by atoms with E-state index in [9.17, 15) is 13.9 Å². The van der Waals surface area contributed by atoms with Gasteiger partial charge in [0.2, 0.25) is 0 Å². The number of rotatable bonds is 3. The predicted octanol–water partition coefficient (Wildman–Crippen LogP) is 1.21. The number of nitrogens with two attached hydrogens (primary N) is 1. The summed E-state index contributed by atoms with van der Waals surface area (Å²) in [4.78, 5) is 1.99. The van der Waals surface area contributed by atoms with E-state index in [1.165, 1.54) is 12.1 Å². The lowest BCUT2D eigenvalue weighted by Gasteiger charge is -2.30. The third-order valence-electron chi connectivity index (χ3n) is 3.35. The summed E-state index contributed by atoms with van der Waals surface area (Å²) in [5.74, 6) is -1.23. The standard InChI is InChI=1S/C13H18F2N2O/c1-13(16,8-17-5-4-10(18)7-17)11-3-2-9(14)6-12(11)15/h2-3,6,10,18H,4-5,7-8,16H2,1H3/t10-,13+/m0/s1. The van der Waals surface area contributed by atoms with Gasteiger partial charge in [-0.3, -0.25) is 4.90 Å². The molecule has 0 radical (unpaired) electrons. The molecule has 1 aliphatic rings. The van der Waals surface area contributed by atoms with Gasteiger partial charge < -0.3 is 10.8 Å². The van der Waals surface area contributed by atoms with Gasteiger partial charge >= 0.3 is 0 Å². The van der Waals surface area contributed by atoms with Gasteiger partial charge in [-0.25, -0.2) is 8.78 Å². The summed E-state index contributed by atoms with van der Waals surface area (Å²) in [6, 6.07) is 3.44. The SMILES string of the molecule is C[C@@](N)(CN1CC[C@H](O)C1)c1ccc(F)cc1F. The van der Waals surface area contributed by atoms with Crippen LogP contribution in [-0.4, -0.2) is 35.7 Å². The Kier molecular flexibility index (Phi) is 3.66. The van der Waals surface area contributed by atoms with Crippen LogP contribution < -0.4 is 5.73 Å². The first-order chi connectivity index (χ1) is 8.38. The minimum atomic E-state index is -0.901. The molecule has 1 aromatic rings. The van der Waals surface area contributed by atoms with Gasteiger partial charge in [0.25, 0.3) is 0 Å². The zero-order valence-electron chi connectivity index (χ0n) is 10.4. The monoisotopic (exact) mass is 256 g/mol. The highest BCUT2D eigenvalue weighted by Gasteiger charge is 2.30. The molecule has 0 saturated carbocycles. The van der Waals surface area contributed by atoms with E-state index in [2.05, 4.69) is 0 Å². The van der Waals surface area contributed by atoms with Crippen molar-refractivity contribution in [2.24, 2.45) is 5.73 Å². The van der Waals surface area contributed by atoms with Crippen molar-refractivity contribution in [2.45, 2.75) is 25.0 Å². The lowest BCUT2D eigenvalue weighted by atomic mass is 9.92. The number of β-amino-alcohol motifs (C(OH)–C–C–N with tert-alkyl or cyclic N) is 1. The highest BCUT2D eigenvalue weighted by Crippen LogP contribution is 2.24. The number of hydrogen-bond acceptors (Lipinski definition) is 3. The van der Waals surface area contributed by atoms with Gasteiger partial charge in [0.15, 0.2) is 0 Å².